The zero-order valence-corrected chi connectivity index (χ0v) is 13.2. The maximum atomic E-state index is 12.4. The quantitative estimate of drug-likeness (QED) is 0.569. The molecule has 0 aliphatic heterocycles. The van der Waals surface area contributed by atoms with Crippen LogP contribution in [0.1, 0.15) is 0 Å². The Kier molecular flexibility index (Phi) is 3.42. The second-order valence-corrected chi connectivity index (χ2v) is 5.31. The number of hydrogen-bond donors (Lipinski definition) is 1. The zero-order valence-electron chi connectivity index (χ0n) is 13.2. The van der Waals surface area contributed by atoms with Crippen LogP contribution in [0.5, 0.6) is 5.75 Å². The molecular weight excluding hydrogens is 322 g/mol. The second-order valence-electron chi connectivity index (χ2n) is 5.31. The van der Waals surface area contributed by atoms with Crippen molar-refractivity contribution in [3.63, 3.8) is 0 Å². The third-order valence-corrected chi connectivity index (χ3v) is 3.80. The van der Waals surface area contributed by atoms with Crippen LogP contribution in [0.25, 0.3) is 22.9 Å². The van der Waals surface area contributed by atoms with Crippen LogP contribution < -0.4 is 15.9 Å². The fourth-order valence-electron chi connectivity index (χ4n) is 2.62. The molecule has 4 aromatic rings. The molecule has 0 bridgehead atoms. The number of ether oxygens (including phenoxy) is 1. The molecule has 0 saturated heterocycles. The van der Waals surface area contributed by atoms with Gasteiger partial charge in [0.1, 0.15) is 5.75 Å². The van der Waals surface area contributed by atoms with Gasteiger partial charge in [0.25, 0.3) is 5.78 Å². The Bertz CT molecular complexity index is 1170. The molecule has 2 aromatic carbocycles. The number of methoxy groups -OCH3 is 1. The van der Waals surface area contributed by atoms with E-state index in [-0.39, 0.29) is 5.78 Å². The molecule has 1 N–H and O–H groups in total. The van der Waals surface area contributed by atoms with Crippen LogP contribution in [0.3, 0.4) is 0 Å². The lowest BCUT2D eigenvalue weighted by Crippen LogP contribution is -2.38. The standard InChI is InChI=1S/C17H13N5O3/c1-25-13-9-5-8-12(10-13)21-16(24)15(23)20-22-14(18-19-17(21)22)11-6-3-2-4-7-11/h2-10H,1H3,(H,20,23). The number of benzene rings is 2. The predicted octanol–water partition coefficient (Wildman–Crippen LogP) is 1.24. The van der Waals surface area contributed by atoms with Crippen molar-refractivity contribution in [3.05, 3.63) is 75.3 Å². The van der Waals surface area contributed by atoms with Gasteiger partial charge in [-0.3, -0.25) is 14.7 Å². The minimum absolute atomic E-state index is 0.205. The summed E-state index contributed by atoms with van der Waals surface area (Å²) in [6.45, 7) is 0. The summed E-state index contributed by atoms with van der Waals surface area (Å²) in [6, 6.07) is 16.1. The summed E-state index contributed by atoms with van der Waals surface area (Å²) in [4.78, 5) is 24.6. The van der Waals surface area contributed by atoms with Crippen molar-refractivity contribution in [2.75, 3.05) is 7.11 Å². The van der Waals surface area contributed by atoms with Gasteiger partial charge in [-0.2, -0.15) is 4.52 Å². The van der Waals surface area contributed by atoms with Gasteiger partial charge < -0.3 is 4.74 Å². The Balaban J connectivity index is 2.05. The summed E-state index contributed by atoms with van der Waals surface area (Å²) in [7, 11) is 1.53. The number of fused-ring (bicyclic) bond motifs is 1. The summed E-state index contributed by atoms with van der Waals surface area (Å²) in [5.41, 5.74) is -0.283. The second kappa shape index (κ2) is 5.75. The third-order valence-electron chi connectivity index (χ3n) is 3.80. The Morgan fingerprint density at radius 3 is 2.56 bits per heavy atom. The van der Waals surface area contributed by atoms with Crippen molar-refractivity contribution in [1.29, 1.82) is 0 Å². The van der Waals surface area contributed by atoms with Gasteiger partial charge in [0.2, 0.25) is 0 Å². The molecule has 0 aliphatic carbocycles. The summed E-state index contributed by atoms with van der Waals surface area (Å²) >= 11 is 0. The SMILES string of the molecule is COc1cccc(-n2c(=O)c(=O)[nH]n3c(-c4ccccc4)nnc23)c1. The van der Waals surface area contributed by atoms with Gasteiger partial charge in [-0.15, -0.1) is 10.2 Å². The van der Waals surface area contributed by atoms with E-state index in [1.54, 1.807) is 24.3 Å². The summed E-state index contributed by atoms with van der Waals surface area (Å²) in [6.07, 6.45) is 0. The molecule has 4 rings (SSSR count). The molecule has 0 aliphatic rings. The van der Waals surface area contributed by atoms with Crippen molar-refractivity contribution in [1.82, 2.24) is 24.4 Å². The van der Waals surface area contributed by atoms with E-state index >= 15 is 0 Å². The lowest BCUT2D eigenvalue weighted by atomic mass is 10.2. The highest BCUT2D eigenvalue weighted by atomic mass is 16.5. The van der Waals surface area contributed by atoms with Crippen LogP contribution in [0.15, 0.2) is 64.2 Å². The molecule has 0 spiro atoms. The largest absolute Gasteiger partial charge is 0.497 e. The number of rotatable bonds is 3. The Hall–Kier alpha value is -3.68. The van der Waals surface area contributed by atoms with Gasteiger partial charge in [-0.1, -0.05) is 36.4 Å². The highest BCUT2D eigenvalue weighted by Gasteiger charge is 2.16. The highest BCUT2D eigenvalue weighted by molar-refractivity contribution is 5.58. The molecule has 0 fully saturated rings. The van der Waals surface area contributed by atoms with Crippen LogP contribution in [0.4, 0.5) is 0 Å². The molecular formula is C17H13N5O3. The normalized spacial score (nSPS) is 10.9. The monoisotopic (exact) mass is 335 g/mol. The number of aromatic amines is 1. The molecule has 0 amide bonds. The van der Waals surface area contributed by atoms with E-state index < -0.39 is 11.1 Å². The molecule has 25 heavy (non-hydrogen) atoms. The van der Waals surface area contributed by atoms with E-state index in [4.69, 9.17) is 4.74 Å². The van der Waals surface area contributed by atoms with Gasteiger partial charge in [-0.05, 0) is 12.1 Å². The molecule has 8 nitrogen and oxygen atoms in total. The van der Waals surface area contributed by atoms with Crippen molar-refractivity contribution in [2.45, 2.75) is 0 Å². The molecule has 8 heteroatoms. The minimum atomic E-state index is -0.771. The first kappa shape index (κ1) is 14.9. The number of hydrogen-bond acceptors (Lipinski definition) is 5. The number of aromatic nitrogens is 5. The molecule has 0 atom stereocenters. The first-order valence-electron chi connectivity index (χ1n) is 7.49. The minimum Gasteiger partial charge on any atom is -0.497 e. The Morgan fingerprint density at radius 1 is 1.00 bits per heavy atom. The topological polar surface area (TPSA) is 94.3 Å². The summed E-state index contributed by atoms with van der Waals surface area (Å²) in [5.74, 6) is 1.20. The first-order chi connectivity index (χ1) is 12.2. The van der Waals surface area contributed by atoms with Gasteiger partial charge in [0.15, 0.2) is 5.82 Å². The average Bonchev–Trinajstić information content (AvgIpc) is 3.06. The van der Waals surface area contributed by atoms with E-state index in [1.165, 1.54) is 16.2 Å². The molecule has 2 aromatic heterocycles. The lowest BCUT2D eigenvalue weighted by molar-refractivity contribution is 0.414. The fraction of sp³-hybridized carbons (Fsp3) is 0.0588. The molecule has 0 unspecified atom stereocenters. The fourth-order valence-corrected chi connectivity index (χ4v) is 2.62. The molecule has 0 saturated carbocycles. The summed E-state index contributed by atoms with van der Waals surface area (Å²) in [5, 5.41) is 10.7. The van der Waals surface area contributed by atoms with E-state index in [0.29, 0.717) is 17.3 Å². The van der Waals surface area contributed by atoms with Crippen molar-refractivity contribution >= 4 is 5.78 Å². The third kappa shape index (κ3) is 2.40. The maximum absolute atomic E-state index is 12.4. The zero-order chi connectivity index (χ0) is 17.4. The van der Waals surface area contributed by atoms with Crippen LogP contribution in [-0.4, -0.2) is 31.5 Å². The molecule has 2 heterocycles. The smallest absolute Gasteiger partial charge is 0.329 e. The number of nitrogens with one attached hydrogen (secondary N) is 1. The molecule has 0 radical (unpaired) electrons. The summed E-state index contributed by atoms with van der Waals surface area (Å²) < 4.78 is 7.80. The van der Waals surface area contributed by atoms with Crippen LogP contribution in [0, 0.1) is 0 Å². The Morgan fingerprint density at radius 2 is 1.80 bits per heavy atom. The first-order valence-corrected chi connectivity index (χ1v) is 7.49. The van der Waals surface area contributed by atoms with Crippen LogP contribution in [-0.2, 0) is 0 Å². The Labute approximate surface area is 140 Å². The van der Waals surface area contributed by atoms with Crippen molar-refractivity contribution in [3.8, 4) is 22.8 Å². The van der Waals surface area contributed by atoms with Crippen molar-refractivity contribution in [2.24, 2.45) is 0 Å². The number of H-pyrrole nitrogens is 1. The van der Waals surface area contributed by atoms with E-state index in [0.717, 1.165) is 5.56 Å². The van der Waals surface area contributed by atoms with Crippen LogP contribution >= 0.6 is 0 Å². The number of nitrogens with zero attached hydrogens (tertiary/aromatic N) is 4. The predicted molar refractivity (Wildman–Crippen MR) is 91.2 cm³/mol. The highest BCUT2D eigenvalue weighted by Crippen LogP contribution is 2.19. The lowest BCUT2D eigenvalue weighted by Gasteiger charge is -2.08. The van der Waals surface area contributed by atoms with E-state index in [1.807, 2.05) is 30.3 Å². The van der Waals surface area contributed by atoms with Gasteiger partial charge in [-0.25, -0.2) is 4.57 Å². The molecule has 124 valence electrons. The van der Waals surface area contributed by atoms with Gasteiger partial charge in [0, 0.05) is 11.6 Å². The van der Waals surface area contributed by atoms with Crippen molar-refractivity contribution < 1.29 is 4.74 Å². The maximum Gasteiger partial charge on any atom is 0.329 e. The average molecular weight is 335 g/mol. The van der Waals surface area contributed by atoms with Crippen LogP contribution in [0.2, 0.25) is 0 Å². The van der Waals surface area contributed by atoms with Gasteiger partial charge >= 0.3 is 11.1 Å². The van der Waals surface area contributed by atoms with E-state index in [2.05, 4.69) is 15.3 Å². The van der Waals surface area contributed by atoms with E-state index in [9.17, 15) is 9.59 Å². The van der Waals surface area contributed by atoms with Gasteiger partial charge in [0.05, 0.1) is 12.8 Å².